The molecule has 0 saturated carbocycles. The molecule has 2 aliphatic rings. The zero-order valence-corrected chi connectivity index (χ0v) is 15.9. The highest BCUT2D eigenvalue weighted by Crippen LogP contribution is 2.31. The number of piperidine rings is 2. The van der Waals surface area contributed by atoms with Crippen molar-refractivity contribution >= 4 is 41.6 Å². The first-order valence-electron chi connectivity index (χ1n) is 8.85. The fourth-order valence-electron chi connectivity index (χ4n) is 3.51. The summed E-state index contributed by atoms with van der Waals surface area (Å²) in [5.41, 5.74) is -0.460. The molecule has 0 aliphatic carbocycles. The number of nitrogens with zero attached hydrogens (tertiary/aromatic N) is 1. The molecule has 8 nitrogen and oxygen atoms in total. The molecule has 154 valence electrons. The van der Waals surface area contributed by atoms with Crippen LogP contribution in [0.4, 0.5) is 15.8 Å². The molecule has 0 spiro atoms. The van der Waals surface area contributed by atoms with Gasteiger partial charge in [-0.15, -0.1) is 12.4 Å². The van der Waals surface area contributed by atoms with E-state index in [0.29, 0.717) is 30.9 Å². The summed E-state index contributed by atoms with van der Waals surface area (Å²) in [5, 5.41) is 24.3. The zero-order chi connectivity index (χ0) is 19.6. The third-order valence-electron chi connectivity index (χ3n) is 5.04. The highest BCUT2D eigenvalue weighted by molar-refractivity contribution is 6.01. The Morgan fingerprint density at radius 3 is 2.57 bits per heavy atom. The molecule has 2 amide bonds. The molecule has 1 atom stereocenters. The van der Waals surface area contributed by atoms with Crippen LogP contribution in [0.2, 0.25) is 0 Å². The highest BCUT2D eigenvalue weighted by Gasteiger charge is 2.35. The van der Waals surface area contributed by atoms with Gasteiger partial charge in [0.15, 0.2) is 0 Å². The number of hydrogen-bond acceptors (Lipinski definition) is 6. The van der Waals surface area contributed by atoms with Crippen LogP contribution in [0.3, 0.4) is 0 Å². The van der Waals surface area contributed by atoms with E-state index in [-0.39, 0.29) is 44.0 Å². The van der Waals surface area contributed by atoms with Crippen LogP contribution in [0.25, 0.3) is 0 Å². The minimum atomic E-state index is -1.26. The molecule has 2 heterocycles. The van der Waals surface area contributed by atoms with Crippen LogP contribution in [0, 0.1) is 5.82 Å². The summed E-state index contributed by atoms with van der Waals surface area (Å²) in [6.45, 7) is 0.696. The molecule has 4 N–H and O–H groups in total. The number of imide groups is 1. The van der Waals surface area contributed by atoms with E-state index < -0.39 is 29.3 Å². The van der Waals surface area contributed by atoms with Gasteiger partial charge >= 0.3 is 5.97 Å². The number of amides is 2. The Morgan fingerprint density at radius 1 is 1.32 bits per heavy atom. The Balaban J connectivity index is 0.00000280. The number of benzene rings is 1. The first kappa shape index (κ1) is 21.9. The Labute approximate surface area is 167 Å². The number of carboxylic acid groups (broad SMARTS) is 1. The minimum absolute atomic E-state index is 0. The summed E-state index contributed by atoms with van der Waals surface area (Å²) in [4.78, 5) is 35.6. The van der Waals surface area contributed by atoms with Crippen molar-refractivity contribution in [3.63, 3.8) is 0 Å². The Morgan fingerprint density at radius 2 is 2.00 bits per heavy atom. The van der Waals surface area contributed by atoms with E-state index >= 15 is 0 Å². The van der Waals surface area contributed by atoms with Crippen LogP contribution in [0.5, 0.6) is 0 Å². The lowest BCUT2D eigenvalue weighted by atomic mass is 9.88. The molecule has 2 aliphatic heterocycles. The number of rotatable bonds is 5. The van der Waals surface area contributed by atoms with Gasteiger partial charge in [-0.2, -0.15) is 0 Å². The maximum absolute atomic E-state index is 14.6. The largest absolute Gasteiger partial charge is 0.481 e. The van der Waals surface area contributed by atoms with Crippen molar-refractivity contribution in [1.82, 2.24) is 5.32 Å². The molecule has 0 aromatic heterocycles. The second-order valence-corrected chi connectivity index (χ2v) is 7.10. The maximum atomic E-state index is 14.6. The number of aliphatic carboxylic acids is 1. The van der Waals surface area contributed by atoms with Crippen molar-refractivity contribution in [3.8, 4) is 0 Å². The summed E-state index contributed by atoms with van der Waals surface area (Å²) < 4.78 is 14.6. The van der Waals surface area contributed by atoms with Gasteiger partial charge in [0.05, 0.1) is 17.7 Å². The van der Waals surface area contributed by atoms with Gasteiger partial charge in [-0.3, -0.25) is 19.7 Å². The predicted molar refractivity (Wildman–Crippen MR) is 102 cm³/mol. The van der Waals surface area contributed by atoms with E-state index in [1.807, 2.05) is 0 Å². The number of aliphatic hydroxyl groups is 1. The smallest absolute Gasteiger partial charge is 0.306 e. The normalized spacial score (nSPS) is 21.5. The van der Waals surface area contributed by atoms with Gasteiger partial charge in [0.1, 0.15) is 11.9 Å². The third kappa shape index (κ3) is 5.11. The summed E-state index contributed by atoms with van der Waals surface area (Å²) in [6.07, 6.45) is 0.751. The van der Waals surface area contributed by atoms with E-state index in [1.165, 1.54) is 6.07 Å². The van der Waals surface area contributed by atoms with Crippen molar-refractivity contribution in [2.24, 2.45) is 0 Å². The fraction of sp³-hybridized carbons (Fsp3) is 0.500. The van der Waals surface area contributed by atoms with Gasteiger partial charge in [-0.1, -0.05) is 0 Å². The van der Waals surface area contributed by atoms with Crippen LogP contribution < -0.4 is 15.5 Å². The number of hydrogen-bond donors (Lipinski definition) is 4. The Hall–Kier alpha value is -2.39. The molecule has 3 rings (SSSR count). The van der Waals surface area contributed by atoms with E-state index in [1.54, 1.807) is 17.0 Å². The number of halogens is 2. The van der Waals surface area contributed by atoms with Gasteiger partial charge in [0.25, 0.3) is 0 Å². The SMILES string of the molecule is Cl.O=C(O)CC1(O)CCN(c2ccc(N[C@@H]3CCC(=O)NC3=O)cc2F)CC1. The van der Waals surface area contributed by atoms with Crippen molar-refractivity contribution < 1.29 is 29.0 Å². The molecule has 0 bridgehead atoms. The number of nitrogens with one attached hydrogen (secondary N) is 2. The van der Waals surface area contributed by atoms with Crippen LogP contribution in [-0.2, 0) is 14.4 Å². The van der Waals surface area contributed by atoms with E-state index in [4.69, 9.17) is 5.11 Å². The summed E-state index contributed by atoms with van der Waals surface area (Å²) in [7, 11) is 0. The van der Waals surface area contributed by atoms with Crippen LogP contribution in [-0.4, -0.2) is 52.7 Å². The molecule has 0 radical (unpaired) electrons. The standard InChI is InChI=1S/C18H22FN3O5.ClH/c19-12-9-11(20-13-2-4-15(23)21-17(13)26)1-3-14(12)22-7-5-18(27,6-8-22)10-16(24)25;/h1,3,9,13,20,27H,2,4-8,10H2,(H,24,25)(H,21,23,26);1H/t13-;/m1./s1. The molecule has 10 heteroatoms. The zero-order valence-electron chi connectivity index (χ0n) is 15.1. The number of carbonyl (C=O) groups is 3. The molecule has 2 fully saturated rings. The van der Waals surface area contributed by atoms with E-state index in [0.717, 1.165) is 0 Å². The van der Waals surface area contributed by atoms with Crippen LogP contribution >= 0.6 is 12.4 Å². The summed E-state index contributed by atoms with van der Waals surface area (Å²) in [6, 6.07) is 3.94. The van der Waals surface area contributed by atoms with Crippen molar-refractivity contribution in [1.29, 1.82) is 0 Å². The first-order chi connectivity index (χ1) is 12.8. The van der Waals surface area contributed by atoms with Gasteiger partial charge in [-0.05, 0) is 37.5 Å². The summed E-state index contributed by atoms with van der Waals surface area (Å²) in [5.74, 6) is -2.27. The lowest BCUT2D eigenvalue weighted by Crippen LogP contribution is -2.47. The summed E-state index contributed by atoms with van der Waals surface area (Å²) >= 11 is 0. The topological polar surface area (TPSA) is 119 Å². The second kappa shape index (κ2) is 8.74. The van der Waals surface area contributed by atoms with E-state index in [9.17, 15) is 23.9 Å². The maximum Gasteiger partial charge on any atom is 0.306 e. The predicted octanol–water partition coefficient (Wildman–Crippen LogP) is 1.27. The highest BCUT2D eigenvalue weighted by atomic mass is 35.5. The number of anilines is 2. The lowest BCUT2D eigenvalue weighted by molar-refractivity contribution is -0.143. The van der Waals surface area contributed by atoms with Crippen molar-refractivity contribution in [3.05, 3.63) is 24.0 Å². The van der Waals surface area contributed by atoms with Gasteiger partial charge in [0, 0.05) is 25.2 Å². The first-order valence-corrected chi connectivity index (χ1v) is 8.85. The Bertz CT molecular complexity index is 768. The second-order valence-electron chi connectivity index (χ2n) is 7.10. The lowest BCUT2D eigenvalue weighted by Gasteiger charge is -2.38. The number of carboxylic acids is 1. The monoisotopic (exact) mass is 415 g/mol. The Kier molecular flexibility index (Phi) is 6.84. The molecular formula is C18H23ClFN3O5. The van der Waals surface area contributed by atoms with Crippen molar-refractivity contribution in [2.45, 2.75) is 43.7 Å². The molecule has 2 saturated heterocycles. The minimum Gasteiger partial charge on any atom is -0.481 e. The van der Waals surface area contributed by atoms with Gasteiger partial charge < -0.3 is 20.4 Å². The molecule has 28 heavy (non-hydrogen) atoms. The molecule has 0 unspecified atom stereocenters. The quantitative estimate of drug-likeness (QED) is 0.535. The molecule has 1 aromatic carbocycles. The number of carbonyl (C=O) groups excluding carboxylic acids is 2. The average Bonchev–Trinajstić information content (AvgIpc) is 2.58. The van der Waals surface area contributed by atoms with Gasteiger partial charge in [0.2, 0.25) is 11.8 Å². The molecular weight excluding hydrogens is 393 g/mol. The van der Waals surface area contributed by atoms with E-state index in [2.05, 4.69) is 10.6 Å². The van der Waals surface area contributed by atoms with Crippen LogP contribution in [0.15, 0.2) is 18.2 Å². The van der Waals surface area contributed by atoms with Crippen LogP contribution in [0.1, 0.15) is 32.1 Å². The van der Waals surface area contributed by atoms with Gasteiger partial charge in [-0.25, -0.2) is 4.39 Å². The average molecular weight is 416 g/mol. The van der Waals surface area contributed by atoms with Crippen molar-refractivity contribution in [2.75, 3.05) is 23.3 Å². The fourth-order valence-corrected chi connectivity index (χ4v) is 3.51. The third-order valence-corrected chi connectivity index (χ3v) is 5.04. The molecule has 1 aromatic rings.